The van der Waals surface area contributed by atoms with E-state index in [9.17, 15) is 24.3 Å². The number of amides is 3. The molecule has 1 heterocycles. The maximum absolute atomic E-state index is 13.0. The molecule has 9 nitrogen and oxygen atoms in total. The first-order valence-corrected chi connectivity index (χ1v) is 9.85. The van der Waals surface area contributed by atoms with Crippen LogP contribution in [-0.2, 0) is 19.2 Å². The van der Waals surface area contributed by atoms with Gasteiger partial charge in [-0.1, -0.05) is 27.7 Å². The number of carboxylic acids is 1. The smallest absolute Gasteiger partial charge is 0.326 e. The van der Waals surface area contributed by atoms with Crippen molar-refractivity contribution < 1.29 is 24.3 Å². The van der Waals surface area contributed by atoms with Crippen LogP contribution in [0.1, 0.15) is 53.9 Å². The fourth-order valence-electron chi connectivity index (χ4n) is 3.24. The third-order valence-corrected chi connectivity index (χ3v) is 4.80. The summed E-state index contributed by atoms with van der Waals surface area (Å²) in [7, 11) is 0. The number of nitrogens with zero attached hydrogens (tertiary/aromatic N) is 1. The largest absolute Gasteiger partial charge is 0.480 e. The van der Waals surface area contributed by atoms with Crippen LogP contribution in [-0.4, -0.2) is 64.4 Å². The summed E-state index contributed by atoms with van der Waals surface area (Å²) in [4.78, 5) is 50.6. The fraction of sp³-hybridized carbons (Fsp3) is 0.789. The van der Waals surface area contributed by atoms with Crippen LogP contribution in [0.25, 0.3) is 0 Å². The number of likely N-dealkylation sites (tertiary alicyclic amines) is 1. The number of rotatable bonds is 9. The first-order valence-electron chi connectivity index (χ1n) is 9.85. The fourth-order valence-corrected chi connectivity index (χ4v) is 3.24. The molecular weight excluding hydrogens is 364 g/mol. The van der Waals surface area contributed by atoms with E-state index < -0.39 is 42.0 Å². The van der Waals surface area contributed by atoms with Crippen molar-refractivity contribution in [3.8, 4) is 0 Å². The van der Waals surface area contributed by atoms with E-state index in [0.29, 0.717) is 25.8 Å². The van der Waals surface area contributed by atoms with Gasteiger partial charge in [-0.2, -0.15) is 0 Å². The Bertz CT molecular complexity index is 591. The van der Waals surface area contributed by atoms with E-state index in [4.69, 9.17) is 5.73 Å². The third-order valence-electron chi connectivity index (χ3n) is 4.80. The number of nitrogens with two attached hydrogens (primary N) is 1. The minimum Gasteiger partial charge on any atom is -0.480 e. The molecule has 0 aromatic rings. The lowest BCUT2D eigenvalue weighted by Crippen LogP contribution is -2.58. The van der Waals surface area contributed by atoms with Crippen LogP contribution in [0.2, 0.25) is 0 Å². The molecule has 1 aliphatic rings. The Kier molecular flexibility index (Phi) is 8.87. The molecule has 1 fully saturated rings. The normalized spacial score (nSPS) is 20.0. The second-order valence-corrected chi connectivity index (χ2v) is 8.24. The van der Waals surface area contributed by atoms with Gasteiger partial charge in [0.05, 0.1) is 6.04 Å². The van der Waals surface area contributed by atoms with Gasteiger partial charge in [-0.25, -0.2) is 4.79 Å². The van der Waals surface area contributed by atoms with E-state index in [2.05, 4.69) is 10.6 Å². The maximum atomic E-state index is 13.0. The van der Waals surface area contributed by atoms with E-state index in [0.717, 1.165) is 0 Å². The molecule has 1 rings (SSSR count). The van der Waals surface area contributed by atoms with Gasteiger partial charge in [0, 0.05) is 6.54 Å². The zero-order valence-corrected chi connectivity index (χ0v) is 17.4. The minimum atomic E-state index is -1.10. The zero-order chi connectivity index (χ0) is 21.6. The van der Waals surface area contributed by atoms with Crippen LogP contribution in [0, 0.1) is 11.8 Å². The standard InChI is InChI=1S/C19H34N4O5/c1-10(2)9-13(19(27)28)21-17(25)14-7-6-8-23(14)18(26)15(11(3)4)22-16(24)12(5)20/h10-15H,6-9,20H2,1-5H3,(H,21,25)(H,22,24)(H,27,28). The molecule has 0 spiro atoms. The Labute approximate surface area is 166 Å². The molecule has 3 amide bonds. The van der Waals surface area contributed by atoms with Crippen molar-refractivity contribution in [2.45, 2.75) is 78.0 Å². The van der Waals surface area contributed by atoms with Gasteiger partial charge in [0.15, 0.2) is 0 Å². The summed E-state index contributed by atoms with van der Waals surface area (Å²) in [5.74, 6) is -2.44. The number of carbonyl (C=O) groups is 4. The van der Waals surface area contributed by atoms with Crippen LogP contribution in [0.5, 0.6) is 0 Å². The Morgan fingerprint density at radius 1 is 1.11 bits per heavy atom. The van der Waals surface area contributed by atoms with E-state index in [1.807, 2.05) is 13.8 Å². The molecule has 1 saturated heterocycles. The van der Waals surface area contributed by atoms with Gasteiger partial charge in [-0.15, -0.1) is 0 Å². The number of carboxylic acid groups (broad SMARTS) is 1. The van der Waals surface area contributed by atoms with E-state index >= 15 is 0 Å². The highest BCUT2D eigenvalue weighted by Gasteiger charge is 2.39. The second-order valence-electron chi connectivity index (χ2n) is 8.24. The Hall–Kier alpha value is -2.16. The first kappa shape index (κ1) is 23.9. The highest BCUT2D eigenvalue weighted by Crippen LogP contribution is 2.21. The lowest BCUT2D eigenvalue weighted by Gasteiger charge is -2.31. The Morgan fingerprint density at radius 2 is 1.71 bits per heavy atom. The van der Waals surface area contributed by atoms with Crippen LogP contribution in [0.4, 0.5) is 0 Å². The van der Waals surface area contributed by atoms with Crippen LogP contribution in [0.15, 0.2) is 0 Å². The summed E-state index contributed by atoms with van der Waals surface area (Å²) in [6.07, 6.45) is 1.40. The van der Waals surface area contributed by atoms with Gasteiger partial charge in [-0.3, -0.25) is 14.4 Å². The molecular formula is C19H34N4O5. The molecule has 5 N–H and O–H groups in total. The number of hydrogen-bond donors (Lipinski definition) is 4. The second kappa shape index (κ2) is 10.4. The van der Waals surface area contributed by atoms with Crippen LogP contribution < -0.4 is 16.4 Å². The van der Waals surface area contributed by atoms with Crippen molar-refractivity contribution in [3.05, 3.63) is 0 Å². The minimum absolute atomic E-state index is 0.0986. The molecule has 4 atom stereocenters. The lowest BCUT2D eigenvalue weighted by atomic mass is 10.0. The van der Waals surface area contributed by atoms with Gasteiger partial charge < -0.3 is 26.4 Å². The van der Waals surface area contributed by atoms with Crippen molar-refractivity contribution in [1.29, 1.82) is 0 Å². The van der Waals surface area contributed by atoms with Gasteiger partial charge in [0.2, 0.25) is 17.7 Å². The summed E-state index contributed by atoms with van der Waals surface area (Å²) in [6, 6.07) is -3.28. The summed E-state index contributed by atoms with van der Waals surface area (Å²) in [5, 5.41) is 14.6. The van der Waals surface area contributed by atoms with Gasteiger partial charge in [0.1, 0.15) is 18.1 Å². The predicted molar refractivity (Wildman–Crippen MR) is 104 cm³/mol. The maximum Gasteiger partial charge on any atom is 0.326 e. The molecule has 0 aromatic heterocycles. The summed E-state index contributed by atoms with van der Waals surface area (Å²) in [6.45, 7) is 9.28. The number of hydrogen-bond acceptors (Lipinski definition) is 5. The Morgan fingerprint density at radius 3 is 2.18 bits per heavy atom. The third kappa shape index (κ3) is 6.47. The molecule has 160 valence electrons. The van der Waals surface area contributed by atoms with Crippen molar-refractivity contribution >= 4 is 23.7 Å². The topological polar surface area (TPSA) is 142 Å². The quantitative estimate of drug-likeness (QED) is 0.433. The van der Waals surface area contributed by atoms with E-state index in [1.54, 1.807) is 13.8 Å². The van der Waals surface area contributed by atoms with Crippen molar-refractivity contribution in [2.75, 3.05) is 6.54 Å². The molecule has 0 bridgehead atoms. The summed E-state index contributed by atoms with van der Waals surface area (Å²) < 4.78 is 0. The average Bonchev–Trinajstić information content (AvgIpc) is 3.07. The van der Waals surface area contributed by atoms with E-state index in [1.165, 1.54) is 11.8 Å². The Balaban J connectivity index is 2.91. The molecule has 28 heavy (non-hydrogen) atoms. The molecule has 1 aliphatic heterocycles. The lowest BCUT2D eigenvalue weighted by molar-refractivity contribution is -0.145. The monoisotopic (exact) mass is 398 g/mol. The van der Waals surface area contributed by atoms with Crippen molar-refractivity contribution in [2.24, 2.45) is 17.6 Å². The summed E-state index contributed by atoms with van der Waals surface area (Å²) in [5.41, 5.74) is 5.58. The number of carbonyl (C=O) groups excluding carboxylic acids is 3. The average molecular weight is 399 g/mol. The SMILES string of the molecule is CC(C)CC(NC(=O)C1CCCN1C(=O)C(NC(=O)C(C)N)C(C)C)C(=O)O. The van der Waals surface area contributed by atoms with Gasteiger partial charge in [-0.05, 0) is 38.0 Å². The summed E-state index contributed by atoms with van der Waals surface area (Å²) >= 11 is 0. The molecule has 0 radical (unpaired) electrons. The van der Waals surface area contributed by atoms with Crippen molar-refractivity contribution in [3.63, 3.8) is 0 Å². The highest BCUT2D eigenvalue weighted by molar-refractivity contribution is 5.94. The number of aliphatic carboxylic acids is 1. The molecule has 0 saturated carbocycles. The molecule has 0 aromatic carbocycles. The predicted octanol–water partition coefficient (Wildman–Crippen LogP) is 0.0809. The highest BCUT2D eigenvalue weighted by atomic mass is 16.4. The van der Waals surface area contributed by atoms with Crippen molar-refractivity contribution in [1.82, 2.24) is 15.5 Å². The van der Waals surface area contributed by atoms with E-state index in [-0.39, 0.29) is 17.7 Å². The van der Waals surface area contributed by atoms with Gasteiger partial charge >= 0.3 is 5.97 Å². The molecule has 0 aliphatic carbocycles. The molecule has 9 heteroatoms. The zero-order valence-electron chi connectivity index (χ0n) is 17.4. The van der Waals surface area contributed by atoms with Crippen LogP contribution >= 0.6 is 0 Å². The van der Waals surface area contributed by atoms with Crippen LogP contribution in [0.3, 0.4) is 0 Å². The number of nitrogens with one attached hydrogen (secondary N) is 2. The first-order chi connectivity index (χ1) is 13.0. The molecule has 4 unspecified atom stereocenters. The van der Waals surface area contributed by atoms with Gasteiger partial charge in [0.25, 0.3) is 0 Å².